The highest BCUT2D eigenvalue weighted by molar-refractivity contribution is 5.87. The third-order valence-electron chi connectivity index (χ3n) is 4.27. The Labute approximate surface area is 161 Å². The number of carbonyl (C=O) groups excluding carboxylic acids is 2. The zero-order valence-electron chi connectivity index (χ0n) is 16.5. The Morgan fingerprint density at radius 3 is 2.48 bits per heavy atom. The molecular formula is C21H31NO5. The number of phenols is 1. The van der Waals surface area contributed by atoms with Gasteiger partial charge in [-0.3, -0.25) is 4.79 Å². The Hall–Kier alpha value is -2.50. The summed E-state index contributed by atoms with van der Waals surface area (Å²) in [5, 5.41) is 12.8. The Bertz CT molecular complexity index is 640. The van der Waals surface area contributed by atoms with E-state index in [9.17, 15) is 14.7 Å². The number of esters is 1. The van der Waals surface area contributed by atoms with Crippen molar-refractivity contribution in [2.24, 2.45) is 0 Å². The van der Waals surface area contributed by atoms with E-state index < -0.39 is 5.97 Å². The topological polar surface area (TPSA) is 84.9 Å². The Morgan fingerprint density at radius 1 is 1.11 bits per heavy atom. The van der Waals surface area contributed by atoms with Crippen LogP contribution in [-0.2, 0) is 20.9 Å². The number of aromatic hydroxyl groups is 1. The molecule has 150 valence electrons. The van der Waals surface area contributed by atoms with E-state index in [0.717, 1.165) is 18.4 Å². The Morgan fingerprint density at radius 2 is 1.81 bits per heavy atom. The van der Waals surface area contributed by atoms with E-state index in [1.165, 1.54) is 52.0 Å². The van der Waals surface area contributed by atoms with Crippen LogP contribution < -0.4 is 10.1 Å². The summed E-state index contributed by atoms with van der Waals surface area (Å²) >= 11 is 0. The molecule has 6 heteroatoms. The van der Waals surface area contributed by atoms with E-state index in [1.54, 1.807) is 12.1 Å². The highest BCUT2D eigenvalue weighted by Gasteiger charge is 2.10. The molecule has 6 nitrogen and oxygen atoms in total. The van der Waals surface area contributed by atoms with Crippen molar-refractivity contribution in [1.29, 1.82) is 0 Å². The molecule has 2 N–H and O–H groups in total. The molecule has 0 fully saturated rings. The molecule has 1 aromatic carbocycles. The van der Waals surface area contributed by atoms with Gasteiger partial charge in [0.15, 0.2) is 11.5 Å². The number of unbranched alkanes of at least 4 members (excludes halogenated alkanes) is 5. The molecule has 0 atom stereocenters. The molecule has 0 saturated heterocycles. The Balaban J connectivity index is 2.64. The summed E-state index contributed by atoms with van der Waals surface area (Å²) in [5.41, 5.74) is 1.35. The van der Waals surface area contributed by atoms with E-state index in [2.05, 4.69) is 17.0 Å². The average molecular weight is 377 g/mol. The standard InChI is InChI=1S/C21H31NO5/c1-4-5-6-7-8-9-10-20(24)22-15-17-14-19(26-2)18(23)13-16(17)11-12-21(25)27-3/h11-14,23H,4-10,15H2,1-3H3,(H,22,24)/b12-11+. The number of phenolic OH excluding ortho intramolecular Hbond substituents is 1. The van der Waals surface area contributed by atoms with Gasteiger partial charge in [-0.15, -0.1) is 0 Å². The van der Waals surface area contributed by atoms with Crippen LogP contribution in [-0.4, -0.2) is 31.2 Å². The van der Waals surface area contributed by atoms with Crippen LogP contribution in [0.1, 0.15) is 63.0 Å². The van der Waals surface area contributed by atoms with Gasteiger partial charge >= 0.3 is 5.97 Å². The summed E-state index contributed by atoms with van der Waals surface area (Å²) in [4.78, 5) is 23.4. The second-order valence-electron chi connectivity index (χ2n) is 6.37. The maximum absolute atomic E-state index is 12.1. The minimum atomic E-state index is -0.497. The Kier molecular flexibility index (Phi) is 10.7. The maximum Gasteiger partial charge on any atom is 0.330 e. The summed E-state index contributed by atoms with van der Waals surface area (Å²) in [7, 11) is 2.75. The van der Waals surface area contributed by atoms with E-state index in [-0.39, 0.29) is 18.2 Å². The lowest BCUT2D eigenvalue weighted by Crippen LogP contribution is -2.22. The molecule has 0 aliphatic rings. The quantitative estimate of drug-likeness (QED) is 0.327. The molecule has 1 amide bonds. The molecule has 0 heterocycles. The van der Waals surface area contributed by atoms with Gasteiger partial charge in [0.1, 0.15) is 0 Å². The van der Waals surface area contributed by atoms with Crippen LogP contribution in [0.5, 0.6) is 11.5 Å². The van der Waals surface area contributed by atoms with Crippen molar-refractivity contribution in [2.45, 2.75) is 58.4 Å². The van der Waals surface area contributed by atoms with Crippen LogP contribution in [0.25, 0.3) is 6.08 Å². The molecule has 1 aromatic rings. The molecule has 27 heavy (non-hydrogen) atoms. The highest BCUT2D eigenvalue weighted by Crippen LogP contribution is 2.30. The predicted molar refractivity (Wildman–Crippen MR) is 106 cm³/mol. The fraction of sp³-hybridized carbons (Fsp3) is 0.524. The molecule has 0 radical (unpaired) electrons. The minimum absolute atomic E-state index is 0.0135. The van der Waals surface area contributed by atoms with Gasteiger partial charge in [0.2, 0.25) is 5.91 Å². The number of amides is 1. The largest absolute Gasteiger partial charge is 0.504 e. The average Bonchev–Trinajstić information content (AvgIpc) is 2.67. The number of methoxy groups -OCH3 is 2. The first-order chi connectivity index (χ1) is 13.0. The van der Waals surface area contributed by atoms with Crippen molar-refractivity contribution in [3.05, 3.63) is 29.3 Å². The fourth-order valence-corrected chi connectivity index (χ4v) is 2.67. The van der Waals surface area contributed by atoms with Crippen molar-refractivity contribution in [1.82, 2.24) is 5.32 Å². The first-order valence-corrected chi connectivity index (χ1v) is 9.44. The van der Waals surface area contributed by atoms with E-state index in [0.29, 0.717) is 17.7 Å². The molecule has 0 saturated carbocycles. The van der Waals surface area contributed by atoms with E-state index >= 15 is 0 Å². The summed E-state index contributed by atoms with van der Waals surface area (Å²) in [6.07, 6.45) is 10.1. The number of ether oxygens (including phenoxy) is 2. The van der Waals surface area contributed by atoms with Gasteiger partial charge in [0.05, 0.1) is 14.2 Å². The zero-order chi connectivity index (χ0) is 20.1. The third-order valence-corrected chi connectivity index (χ3v) is 4.27. The molecule has 0 bridgehead atoms. The highest BCUT2D eigenvalue weighted by atomic mass is 16.5. The molecular weight excluding hydrogens is 346 g/mol. The number of rotatable bonds is 12. The van der Waals surface area contributed by atoms with Crippen LogP contribution in [0, 0.1) is 0 Å². The lowest BCUT2D eigenvalue weighted by atomic mass is 10.0. The van der Waals surface area contributed by atoms with Gasteiger partial charge < -0.3 is 19.9 Å². The van der Waals surface area contributed by atoms with Gasteiger partial charge in [-0.25, -0.2) is 4.79 Å². The van der Waals surface area contributed by atoms with Crippen LogP contribution >= 0.6 is 0 Å². The minimum Gasteiger partial charge on any atom is -0.504 e. The van der Waals surface area contributed by atoms with Crippen LogP contribution in [0.3, 0.4) is 0 Å². The van der Waals surface area contributed by atoms with E-state index in [1.807, 2.05) is 0 Å². The molecule has 0 aromatic heterocycles. The lowest BCUT2D eigenvalue weighted by Gasteiger charge is -2.12. The molecule has 1 rings (SSSR count). The molecule has 0 aliphatic carbocycles. The van der Waals surface area contributed by atoms with Crippen molar-refractivity contribution in [3.63, 3.8) is 0 Å². The number of carbonyl (C=O) groups is 2. The van der Waals surface area contributed by atoms with Crippen LogP contribution in [0.2, 0.25) is 0 Å². The zero-order valence-corrected chi connectivity index (χ0v) is 16.5. The van der Waals surface area contributed by atoms with Gasteiger partial charge in [-0.2, -0.15) is 0 Å². The number of benzene rings is 1. The normalized spacial score (nSPS) is 10.8. The van der Waals surface area contributed by atoms with Crippen molar-refractivity contribution in [2.75, 3.05) is 14.2 Å². The first kappa shape index (κ1) is 22.5. The molecule has 0 spiro atoms. The van der Waals surface area contributed by atoms with Gasteiger partial charge in [-0.1, -0.05) is 39.0 Å². The van der Waals surface area contributed by atoms with Crippen molar-refractivity contribution < 1.29 is 24.2 Å². The second kappa shape index (κ2) is 12.8. The number of hydrogen-bond acceptors (Lipinski definition) is 5. The predicted octanol–water partition coefficient (Wildman–Crippen LogP) is 3.95. The number of hydrogen-bond donors (Lipinski definition) is 2. The summed E-state index contributed by atoms with van der Waals surface area (Å²) in [5.74, 6) is -0.238. The molecule has 0 aliphatic heterocycles. The third kappa shape index (κ3) is 8.62. The second-order valence-corrected chi connectivity index (χ2v) is 6.37. The van der Waals surface area contributed by atoms with E-state index in [4.69, 9.17) is 4.74 Å². The smallest absolute Gasteiger partial charge is 0.330 e. The van der Waals surface area contributed by atoms with Crippen molar-refractivity contribution in [3.8, 4) is 11.5 Å². The summed E-state index contributed by atoms with van der Waals surface area (Å²) < 4.78 is 9.71. The fourth-order valence-electron chi connectivity index (χ4n) is 2.67. The van der Waals surface area contributed by atoms with Gasteiger partial charge in [0.25, 0.3) is 0 Å². The first-order valence-electron chi connectivity index (χ1n) is 9.44. The monoisotopic (exact) mass is 377 g/mol. The lowest BCUT2D eigenvalue weighted by molar-refractivity contribution is -0.134. The van der Waals surface area contributed by atoms with Gasteiger partial charge in [0, 0.05) is 19.0 Å². The summed E-state index contributed by atoms with van der Waals surface area (Å²) in [6, 6.07) is 3.14. The van der Waals surface area contributed by atoms with Crippen molar-refractivity contribution >= 4 is 18.0 Å². The SMILES string of the molecule is CCCCCCCCC(=O)NCc1cc(OC)c(O)cc1/C=C/C(=O)OC. The molecule has 0 unspecified atom stereocenters. The maximum atomic E-state index is 12.1. The van der Waals surface area contributed by atoms with Crippen LogP contribution in [0.15, 0.2) is 18.2 Å². The van der Waals surface area contributed by atoms with Gasteiger partial charge in [-0.05, 0) is 35.8 Å². The number of nitrogens with one attached hydrogen (secondary N) is 1. The van der Waals surface area contributed by atoms with Crippen LogP contribution in [0.4, 0.5) is 0 Å². The summed E-state index contributed by atoms with van der Waals surface area (Å²) in [6.45, 7) is 2.46.